The molecule has 1 aromatic rings. The third kappa shape index (κ3) is 3.64. The first-order chi connectivity index (χ1) is 9.20. The maximum absolute atomic E-state index is 11.4. The smallest absolute Gasteiger partial charge is 0.358 e. The van der Waals surface area contributed by atoms with Crippen LogP contribution in [0.4, 0.5) is 5.82 Å². The van der Waals surface area contributed by atoms with E-state index in [0.717, 1.165) is 32.6 Å². The Morgan fingerprint density at radius 3 is 3.11 bits per heavy atom. The van der Waals surface area contributed by atoms with Gasteiger partial charge >= 0.3 is 5.97 Å². The summed E-state index contributed by atoms with van der Waals surface area (Å²) >= 11 is 0. The molecular weight excluding hydrogens is 246 g/mol. The summed E-state index contributed by atoms with van der Waals surface area (Å²) in [5, 5.41) is 0. The Kier molecular flexibility index (Phi) is 4.68. The standard InChI is InChI=1S/C13H19N3O3/c1-16(8-10-4-3-5-19-9-10)12-7-14-6-11(15-12)13(17)18-2/h6-7,10H,3-5,8-9H2,1-2H3. The van der Waals surface area contributed by atoms with Gasteiger partial charge in [0.05, 0.1) is 26.1 Å². The van der Waals surface area contributed by atoms with Crippen LogP contribution in [-0.2, 0) is 9.47 Å². The summed E-state index contributed by atoms with van der Waals surface area (Å²) in [6.45, 7) is 2.49. The molecule has 104 valence electrons. The average molecular weight is 265 g/mol. The molecule has 1 atom stereocenters. The van der Waals surface area contributed by atoms with Crippen LogP contribution in [0.25, 0.3) is 0 Å². The minimum atomic E-state index is -0.469. The lowest BCUT2D eigenvalue weighted by atomic mass is 10.0. The molecule has 0 spiro atoms. The molecule has 2 rings (SSSR count). The predicted molar refractivity (Wildman–Crippen MR) is 70.2 cm³/mol. The van der Waals surface area contributed by atoms with Gasteiger partial charge < -0.3 is 14.4 Å². The highest BCUT2D eigenvalue weighted by Crippen LogP contribution is 2.17. The Balaban J connectivity index is 2.01. The van der Waals surface area contributed by atoms with Crippen molar-refractivity contribution in [3.8, 4) is 0 Å². The molecule has 1 unspecified atom stereocenters. The fourth-order valence-electron chi connectivity index (χ4n) is 2.17. The molecule has 0 aromatic carbocycles. The van der Waals surface area contributed by atoms with E-state index in [2.05, 4.69) is 14.7 Å². The van der Waals surface area contributed by atoms with E-state index in [0.29, 0.717) is 11.7 Å². The van der Waals surface area contributed by atoms with E-state index < -0.39 is 5.97 Å². The summed E-state index contributed by atoms with van der Waals surface area (Å²) in [5.74, 6) is 0.708. The Morgan fingerprint density at radius 2 is 2.42 bits per heavy atom. The highest BCUT2D eigenvalue weighted by Gasteiger charge is 2.17. The van der Waals surface area contributed by atoms with Crippen LogP contribution in [0.1, 0.15) is 23.3 Å². The first kappa shape index (κ1) is 13.7. The van der Waals surface area contributed by atoms with Gasteiger partial charge in [0.2, 0.25) is 0 Å². The summed E-state index contributed by atoms with van der Waals surface area (Å²) < 4.78 is 10.1. The van der Waals surface area contributed by atoms with E-state index in [4.69, 9.17) is 4.74 Å². The first-order valence-electron chi connectivity index (χ1n) is 6.40. The molecule has 1 aliphatic rings. The third-order valence-corrected chi connectivity index (χ3v) is 3.19. The van der Waals surface area contributed by atoms with Gasteiger partial charge in [0, 0.05) is 20.2 Å². The normalized spacial score (nSPS) is 18.9. The number of nitrogens with zero attached hydrogens (tertiary/aromatic N) is 3. The molecule has 6 nitrogen and oxygen atoms in total. The lowest BCUT2D eigenvalue weighted by Gasteiger charge is -2.27. The molecule has 0 saturated carbocycles. The van der Waals surface area contributed by atoms with Gasteiger partial charge in [-0.3, -0.25) is 4.98 Å². The van der Waals surface area contributed by atoms with Gasteiger partial charge in [-0.1, -0.05) is 0 Å². The summed E-state index contributed by atoms with van der Waals surface area (Å²) in [4.78, 5) is 21.7. The van der Waals surface area contributed by atoms with E-state index in [1.54, 1.807) is 6.20 Å². The molecule has 19 heavy (non-hydrogen) atoms. The van der Waals surface area contributed by atoms with Gasteiger partial charge in [-0.25, -0.2) is 9.78 Å². The van der Waals surface area contributed by atoms with Crippen molar-refractivity contribution in [3.63, 3.8) is 0 Å². The minimum absolute atomic E-state index is 0.228. The molecule has 1 fully saturated rings. The van der Waals surface area contributed by atoms with E-state index in [1.807, 2.05) is 11.9 Å². The highest BCUT2D eigenvalue weighted by molar-refractivity contribution is 5.87. The molecule has 0 N–H and O–H groups in total. The second kappa shape index (κ2) is 6.47. The number of carbonyl (C=O) groups excluding carboxylic acids is 1. The van der Waals surface area contributed by atoms with E-state index in [9.17, 15) is 4.79 Å². The lowest BCUT2D eigenvalue weighted by molar-refractivity contribution is 0.0574. The third-order valence-electron chi connectivity index (χ3n) is 3.19. The van der Waals surface area contributed by atoms with Crippen molar-refractivity contribution in [3.05, 3.63) is 18.1 Å². The fourth-order valence-corrected chi connectivity index (χ4v) is 2.17. The maximum atomic E-state index is 11.4. The Morgan fingerprint density at radius 1 is 1.58 bits per heavy atom. The summed E-state index contributed by atoms with van der Waals surface area (Å²) in [6, 6.07) is 0. The zero-order chi connectivity index (χ0) is 13.7. The van der Waals surface area contributed by atoms with Crippen molar-refractivity contribution in [1.82, 2.24) is 9.97 Å². The van der Waals surface area contributed by atoms with Crippen LogP contribution in [0.2, 0.25) is 0 Å². The number of aromatic nitrogens is 2. The number of methoxy groups -OCH3 is 1. The maximum Gasteiger partial charge on any atom is 0.358 e. The zero-order valence-electron chi connectivity index (χ0n) is 11.3. The molecule has 2 heterocycles. The largest absolute Gasteiger partial charge is 0.464 e. The zero-order valence-corrected chi connectivity index (χ0v) is 11.3. The number of carbonyl (C=O) groups is 1. The minimum Gasteiger partial charge on any atom is -0.464 e. The molecule has 0 bridgehead atoms. The van der Waals surface area contributed by atoms with E-state index in [1.165, 1.54) is 13.3 Å². The van der Waals surface area contributed by atoms with Gasteiger partial charge in [-0.15, -0.1) is 0 Å². The number of rotatable bonds is 4. The summed E-state index contributed by atoms with van der Waals surface area (Å²) in [5.41, 5.74) is 0.228. The first-order valence-corrected chi connectivity index (χ1v) is 6.40. The molecule has 0 aliphatic carbocycles. The molecule has 1 saturated heterocycles. The van der Waals surface area contributed by atoms with Crippen molar-refractivity contribution in [2.75, 3.05) is 38.8 Å². The van der Waals surface area contributed by atoms with Gasteiger partial charge in [0.25, 0.3) is 0 Å². The van der Waals surface area contributed by atoms with Gasteiger partial charge in [-0.05, 0) is 18.8 Å². The Bertz CT molecular complexity index is 433. The number of hydrogen-bond donors (Lipinski definition) is 0. The SMILES string of the molecule is COC(=O)c1cncc(N(C)CC2CCCOC2)n1. The molecule has 1 aromatic heterocycles. The number of anilines is 1. The van der Waals surface area contributed by atoms with Crippen LogP contribution in [0.15, 0.2) is 12.4 Å². The molecule has 0 amide bonds. The van der Waals surface area contributed by atoms with Crippen molar-refractivity contribution in [2.45, 2.75) is 12.8 Å². The van der Waals surface area contributed by atoms with Gasteiger partial charge in [-0.2, -0.15) is 0 Å². The van der Waals surface area contributed by atoms with E-state index >= 15 is 0 Å². The quantitative estimate of drug-likeness (QED) is 0.760. The lowest BCUT2D eigenvalue weighted by Crippen LogP contribution is -2.31. The van der Waals surface area contributed by atoms with Crippen LogP contribution >= 0.6 is 0 Å². The summed E-state index contributed by atoms with van der Waals surface area (Å²) in [6.07, 6.45) is 5.32. The molecule has 0 radical (unpaired) electrons. The van der Waals surface area contributed by atoms with Crippen molar-refractivity contribution in [1.29, 1.82) is 0 Å². The van der Waals surface area contributed by atoms with Gasteiger partial charge in [0.1, 0.15) is 5.82 Å². The second-order valence-corrected chi connectivity index (χ2v) is 4.72. The monoisotopic (exact) mass is 265 g/mol. The fraction of sp³-hybridized carbons (Fsp3) is 0.615. The van der Waals surface area contributed by atoms with Crippen LogP contribution in [0.3, 0.4) is 0 Å². The Hall–Kier alpha value is -1.69. The highest BCUT2D eigenvalue weighted by atomic mass is 16.5. The van der Waals surface area contributed by atoms with Crippen LogP contribution < -0.4 is 4.90 Å². The number of esters is 1. The second-order valence-electron chi connectivity index (χ2n) is 4.72. The molecule has 6 heteroatoms. The predicted octanol–water partition coefficient (Wildman–Crippen LogP) is 1.13. The van der Waals surface area contributed by atoms with Crippen LogP contribution in [0, 0.1) is 5.92 Å². The molecule has 1 aliphatic heterocycles. The van der Waals surface area contributed by atoms with Crippen molar-refractivity contribution >= 4 is 11.8 Å². The number of ether oxygens (including phenoxy) is 2. The Labute approximate surface area is 112 Å². The molecular formula is C13H19N3O3. The van der Waals surface area contributed by atoms with Crippen molar-refractivity contribution < 1.29 is 14.3 Å². The topological polar surface area (TPSA) is 64.5 Å². The number of hydrogen-bond acceptors (Lipinski definition) is 6. The van der Waals surface area contributed by atoms with Gasteiger partial charge in [0.15, 0.2) is 5.69 Å². The van der Waals surface area contributed by atoms with Crippen molar-refractivity contribution in [2.24, 2.45) is 5.92 Å². The van der Waals surface area contributed by atoms with Crippen LogP contribution in [0.5, 0.6) is 0 Å². The van der Waals surface area contributed by atoms with Crippen LogP contribution in [-0.4, -0.2) is 49.9 Å². The average Bonchev–Trinajstić information content (AvgIpc) is 2.47. The summed E-state index contributed by atoms with van der Waals surface area (Å²) in [7, 11) is 3.28. The van der Waals surface area contributed by atoms with E-state index in [-0.39, 0.29) is 5.69 Å².